The Kier molecular flexibility index (Phi) is 7.03. The van der Waals surface area contributed by atoms with Gasteiger partial charge in [-0.1, -0.05) is 60.7 Å². The van der Waals surface area contributed by atoms with Gasteiger partial charge in [-0.05, 0) is 36.3 Å². The number of likely N-dealkylation sites (tertiary alicyclic amines) is 2. The molecule has 0 bridgehead atoms. The minimum absolute atomic E-state index is 0.0489. The molecule has 4 rings (SSSR count). The summed E-state index contributed by atoms with van der Waals surface area (Å²) in [4.78, 5) is 17.3. The normalized spacial score (nSPS) is 22.6. The van der Waals surface area contributed by atoms with E-state index in [0.29, 0.717) is 6.54 Å². The zero-order valence-corrected chi connectivity index (χ0v) is 18.0. The van der Waals surface area contributed by atoms with Gasteiger partial charge in [-0.3, -0.25) is 4.90 Å². The summed E-state index contributed by atoms with van der Waals surface area (Å²) in [6.45, 7) is 9.45. The molecule has 2 N–H and O–H groups in total. The van der Waals surface area contributed by atoms with E-state index < -0.39 is 0 Å². The number of rotatable bonds is 8. The second kappa shape index (κ2) is 10.1. The van der Waals surface area contributed by atoms with Crippen LogP contribution in [0, 0.1) is 11.8 Å². The van der Waals surface area contributed by atoms with Crippen LogP contribution in [0.1, 0.15) is 30.5 Å². The predicted octanol–water partition coefficient (Wildman–Crippen LogP) is 3.50. The summed E-state index contributed by atoms with van der Waals surface area (Å²) >= 11 is 0. The molecular formula is C25H34N4O. The minimum Gasteiger partial charge on any atom is -0.338 e. The Balaban J connectivity index is 1.27. The van der Waals surface area contributed by atoms with E-state index in [4.69, 9.17) is 0 Å². The van der Waals surface area contributed by atoms with Crippen molar-refractivity contribution in [2.24, 2.45) is 11.8 Å². The van der Waals surface area contributed by atoms with Crippen molar-refractivity contribution in [3.8, 4) is 0 Å². The van der Waals surface area contributed by atoms with E-state index in [2.05, 4.69) is 62.9 Å². The van der Waals surface area contributed by atoms with Crippen LogP contribution in [0.4, 0.5) is 4.79 Å². The highest BCUT2D eigenvalue weighted by Gasteiger charge is 2.39. The zero-order valence-electron chi connectivity index (χ0n) is 18.0. The second-order valence-corrected chi connectivity index (χ2v) is 8.72. The van der Waals surface area contributed by atoms with Crippen LogP contribution in [-0.2, 0) is 6.54 Å². The molecule has 5 nitrogen and oxygen atoms in total. The summed E-state index contributed by atoms with van der Waals surface area (Å²) in [6.07, 6.45) is 0.939. The number of nitrogens with one attached hydrogen (secondary N) is 2. The van der Waals surface area contributed by atoms with Gasteiger partial charge < -0.3 is 15.5 Å². The van der Waals surface area contributed by atoms with Gasteiger partial charge in [0, 0.05) is 45.8 Å². The highest BCUT2D eigenvalue weighted by Crippen LogP contribution is 2.32. The third kappa shape index (κ3) is 5.41. The maximum atomic E-state index is 12.1. The van der Waals surface area contributed by atoms with Crippen LogP contribution in [-0.4, -0.2) is 55.1 Å². The first-order valence-corrected chi connectivity index (χ1v) is 11.3. The molecular weight excluding hydrogens is 372 g/mol. The van der Waals surface area contributed by atoms with Crippen molar-refractivity contribution in [2.45, 2.75) is 25.9 Å². The van der Waals surface area contributed by atoms with Crippen LogP contribution in [0.3, 0.4) is 0 Å². The fourth-order valence-corrected chi connectivity index (χ4v) is 5.03. The predicted molar refractivity (Wildman–Crippen MR) is 121 cm³/mol. The number of hydrogen-bond acceptors (Lipinski definition) is 3. The van der Waals surface area contributed by atoms with Crippen LogP contribution in [0.5, 0.6) is 0 Å². The topological polar surface area (TPSA) is 47.6 Å². The minimum atomic E-state index is -0.0822. The second-order valence-electron chi connectivity index (χ2n) is 8.72. The van der Waals surface area contributed by atoms with Crippen molar-refractivity contribution in [2.75, 3.05) is 39.3 Å². The molecule has 2 aliphatic rings. The first-order chi connectivity index (χ1) is 14.7. The van der Waals surface area contributed by atoms with Crippen LogP contribution in [0.25, 0.3) is 0 Å². The smallest absolute Gasteiger partial charge is 0.315 e. The molecule has 2 aliphatic heterocycles. The summed E-state index contributed by atoms with van der Waals surface area (Å²) < 4.78 is 0. The number of carbonyl (C=O) groups excluding carboxylic acids is 1. The summed E-state index contributed by atoms with van der Waals surface area (Å²) in [5.74, 6) is 1.56. The van der Waals surface area contributed by atoms with E-state index in [1.165, 1.54) is 37.3 Å². The van der Waals surface area contributed by atoms with Crippen LogP contribution < -0.4 is 10.6 Å². The third-order valence-corrected chi connectivity index (χ3v) is 6.47. The molecule has 0 aliphatic carbocycles. The van der Waals surface area contributed by atoms with Crippen molar-refractivity contribution < 1.29 is 4.79 Å². The molecule has 0 radical (unpaired) electrons. The molecule has 2 unspecified atom stereocenters. The van der Waals surface area contributed by atoms with Crippen LogP contribution in [0.15, 0.2) is 60.7 Å². The molecule has 2 saturated heterocycles. The lowest BCUT2D eigenvalue weighted by Crippen LogP contribution is -2.39. The van der Waals surface area contributed by atoms with E-state index in [-0.39, 0.29) is 12.1 Å². The Hall–Kier alpha value is -2.37. The van der Waals surface area contributed by atoms with Gasteiger partial charge in [0.05, 0.1) is 6.04 Å². The lowest BCUT2D eigenvalue weighted by atomic mass is 10.0. The molecule has 2 aromatic rings. The quantitative estimate of drug-likeness (QED) is 0.705. The maximum absolute atomic E-state index is 12.1. The fraction of sp³-hybridized carbons (Fsp3) is 0.480. The molecule has 160 valence electrons. The van der Waals surface area contributed by atoms with E-state index >= 15 is 0 Å². The first kappa shape index (κ1) is 20.9. The van der Waals surface area contributed by atoms with Crippen LogP contribution in [0.2, 0.25) is 0 Å². The number of carbonyl (C=O) groups is 1. The van der Waals surface area contributed by atoms with E-state index in [1.54, 1.807) is 0 Å². The van der Waals surface area contributed by atoms with Gasteiger partial charge in [-0.2, -0.15) is 0 Å². The number of amides is 2. The van der Waals surface area contributed by atoms with Gasteiger partial charge in [-0.15, -0.1) is 0 Å². The Bertz CT molecular complexity index is 783. The number of nitrogens with zero attached hydrogens (tertiary/aromatic N) is 2. The number of benzene rings is 2. The van der Waals surface area contributed by atoms with Gasteiger partial charge in [0.15, 0.2) is 0 Å². The van der Waals surface area contributed by atoms with E-state index in [1.807, 2.05) is 25.1 Å². The summed E-state index contributed by atoms with van der Waals surface area (Å²) in [7, 11) is 0. The number of fused-ring (bicyclic) bond motifs is 1. The van der Waals surface area contributed by atoms with Gasteiger partial charge in [0.1, 0.15) is 0 Å². The number of urea groups is 1. The average Bonchev–Trinajstić information content (AvgIpc) is 3.31. The Morgan fingerprint density at radius 2 is 1.53 bits per heavy atom. The highest BCUT2D eigenvalue weighted by molar-refractivity contribution is 5.74. The van der Waals surface area contributed by atoms with Gasteiger partial charge in [0.25, 0.3) is 0 Å². The van der Waals surface area contributed by atoms with Crippen LogP contribution >= 0.6 is 0 Å². The third-order valence-electron chi connectivity index (χ3n) is 6.47. The van der Waals surface area contributed by atoms with E-state index in [9.17, 15) is 4.79 Å². The lowest BCUT2D eigenvalue weighted by molar-refractivity contribution is 0.228. The Morgan fingerprint density at radius 1 is 0.933 bits per heavy atom. The zero-order chi connectivity index (χ0) is 20.8. The molecule has 2 heterocycles. The Morgan fingerprint density at radius 3 is 2.17 bits per heavy atom. The molecule has 2 aromatic carbocycles. The molecule has 0 saturated carbocycles. The van der Waals surface area contributed by atoms with Crippen molar-refractivity contribution >= 4 is 6.03 Å². The van der Waals surface area contributed by atoms with Gasteiger partial charge in [-0.25, -0.2) is 4.79 Å². The van der Waals surface area contributed by atoms with Crippen molar-refractivity contribution in [3.05, 3.63) is 71.8 Å². The molecule has 2 amide bonds. The summed E-state index contributed by atoms with van der Waals surface area (Å²) in [6, 6.07) is 21.1. The Labute approximate surface area is 180 Å². The highest BCUT2D eigenvalue weighted by atomic mass is 16.2. The molecule has 0 spiro atoms. The molecule has 5 heteroatoms. The average molecular weight is 407 g/mol. The summed E-state index contributed by atoms with van der Waals surface area (Å²) in [5, 5.41) is 6.02. The van der Waals surface area contributed by atoms with Gasteiger partial charge in [0.2, 0.25) is 0 Å². The van der Waals surface area contributed by atoms with Crippen molar-refractivity contribution in [1.82, 2.24) is 20.4 Å². The van der Waals surface area contributed by atoms with Crippen molar-refractivity contribution in [1.29, 1.82) is 0 Å². The SMILES string of the molecule is CCNC(=O)N[C@@H](CCN1CC2CN(Cc3ccccc3)CC2C1)c1ccccc1. The standard InChI is InChI=1S/C25H34N4O/c1-2-26-25(30)27-24(21-11-7-4-8-12-21)13-14-28-16-22-18-29(19-23(22)17-28)15-20-9-5-3-6-10-20/h3-12,22-24H,2,13-19H2,1H3,(H2,26,27,30)/t22?,23?,24-/m0/s1. The number of hydrogen-bond donors (Lipinski definition) is 2. The fourth-order valence-electron chi connectivity index (χ4n) is 5.03. The largest absolute Gasteiger partial charge is 0.338 e. The molecule has 30 heavy (non-hydrogen) atoms. The maximum Gasteiger partial charge on any atom is 0.315 e. The molecule has 2 fully saturated rings. The summed E-state index contributed by atoms with van der Waals surface area (Å²) in [5.41, 5.74) is 2.59. The monoisotopic (exact) mass is 406 g/mol. The van der Waals surface area contributed by atoms with Gasteiger partial charge >= 0.3 is 6.03 Å². The lowest BCUT2D eigenvalue weighted by Gasteiger charge is -2.25. The van der Waals surface area contributed by atoms with Crippen molar-refractivity contribution in [3.63, 3.8) is 0 Å². The first-order valence-electron chi connectivity index (χ1n) is 11.3. The molecule has 3 atom stereocenters. The molecule has 0 aromatic heterocycles. The van der Waals surface area contributed by atoms with E-state index in [0.717, 1.165) is 31.3 Å².